The van der Waals surface area contributed by atoms with E-state index in [1.54, 1.807) is 20.8 Å². The molecule has 0 saturated carbocycles. The molecule has 1 amide bonds. The van der Waals surface area contributed by atoms with Crippen LogP contribution >= 0.6 is 0 Å². The zero-order valence-corrected chi connectivity index (χ0v) is 14.6. The number of carbonyl (C=O) groups excluding carboxylic acids is 2. The normalized spacial score (nSPS) is 14.2. The van der Waals surface area contributed by atoms with Crippen molar-refractivity contribution in [3.63, 3.8) is 0 Å². The molecule has 0 aliphatic rings. The summed E-state index contributed by atoms with van der Waals surface area (Å²) in [4.78, 5) is 24.6. The maximum Gasteiger partial charge on any atom is 0.329 e. The van der Waals surface area contributed by atoms with E-state index in [2.05, 4.69) is 5.32 Å². The minimum Gasteiger partial charge on any atom is -0.458 e. The number of nitrogens with two attached hydrogens (primary N) is 1. The quantitative estimate of drug-likeness (QED) is 0.786. The molecule has 23 heavy (non-hydrogen) atoms. The van der Waals surface area contributed by atoms with Gasteiger partial charge in [0.05, 0.1) is 6.04 Å². The van der Waals surface area contributed by atoms with E-state index in [4.69, 9.17) is 10.5 Å². The molecule has 0 spiro atoms. The van der Waals surface area contributed by atoms with Crippen LogP contribution in [0.5, 0.6) is 0 Å². The molecule has 0 aliphatic heterocycles. The Bertz CT molecular complexity index is 521. The van der Waals surface area contributed by atoms with Crippen molar-refractivity contribution in [1.29, 1.82) is 0 Å². The van der Waals surface area contributed by atoms with E-state index in [0.29, 0.717) is 6.42 Å². The summed E-state index contributed by atoms with van der Waals surface area (Å²) >= 11 is 0. The predicted octanol–water partition coefficient (Wildman–Crippen LogP) is 2.04. The zero-order chi connectivity index (χ0) is 17.6. The maximum atomic E-state index is 12.4. The Morgan fingerprint density at radius 2 is 1.74 bits per heavy atom. The third kappa shape index (κ3) is 6.82. The fourth-order valence-electron chi connectivity index (χ4n) is 1.99. The summed E-state index contributed by atoms with van der Waals surface area (Å²) in [5.41, 5.74) is 6.20. The van der Waals surface area contributed by atoms with Crippen LogP contribution in [-0.2, 0) is 20.7 Å². The Hall–Kier alpha value is -1.88. The van der Waals surface area contributed by atoms with Crippen molar-refractivity contribution in [2.24, 2.45) is 11.7 Å². The monoisotopic (exact) mass is 320 g/mol. The molecule has 2 atom stereocenters. The Labute approximate surface area is 138 Å². The number of benzene rings is 1. The molecule has 1 aromatic carbocycles. The first-order valence-corrected chi connectivity index (χ1v) is 7.93. The third-order valence-corrected chi connectivity index (χ3v) is 3.31. The van der Waals surface area contributed by atoms with E-state index >= 15 is 0 Å². The van der Waals surface area contributed by atoms with E-state index in [1.165, 1.54) is 0 Å². The number of ether oxygens (including phenoxy) is 1. The zero-order valence-electron chi connectivity index (χ0n) is 14.6. The highest BCUT2D eigenvalue weighted by Crippen LogP contribution is 2.12. The first-order valence-electron chi connectivity index (χ1n) is 7.93. The molecule has 2 unspecified atom stereocenters. The topological polar surface area (TPSA) is 81.4 Å². The predicted molar refractivity (Wildman–Crippen MR) is 90.7 cm³/mol. The summed E-state index contributed by atoms with van der Waals surface area (Å²) in [6, 6.07) is 8.09. The van der Waals surface area contributed by atoms with Crippen molar-refractivity contribution < 1.29 is 14.3 Å². The molecular weight excluding hydrogens is 292 g/mol. The van der Waals surface area contributed by atoms with E-state index in [-0.39, 0.29) is 11.8 Å². The number of hydrogen-bond donors (Lipinski definition) is 2. The van der Waals surface area contributed by atoms with Gasteiger partial charge in [-0.15, -0.1) is 0 Å². The minimum atomic E-state index is -0.756. The summed E-state index contributed by atoms with van der Waals surface area (Å²) in [7, 11) is 0. The summed E-state index contributed by atoms with van der Waals surface area (Å²) in [6.45, 7) is 9.12. The summed E-state index contributed by atoms with van der Waals surface area (Å²) in [5, 5.41) is 2.73. The van der Waals surface area contributed by atoms with Crippen molar-refractivity contribution in [3.05, 3.63) is 35.9 Å². The summed E-state index contributed by atoms with van der Waals surface area (Å²) in [5.74, 6) is -0.802. The smallest absolute Gasteiger partial charge is 0.329 e. The average Bonchev–Trinajstić information content (AvgIpc) is 2.44. The van der Waals surface area contributed by atoms with Crippen LogP contribution in [0.2, 0.25) is 0 Å². The second kappa shape index (κ2) is 8.11. The van der Waals surface area contributed by atoms with Gasteiger partial charge >= 0.3 is 5.97 Å². The van der Waals surface area contributed by atoms with E-state index in [9.17, 15) is 9.59 Å². The Morgan fingerprint density at radius 1 is 1.17 bits per heavy atom. The lowest BCUT2D eigenvalue weighted by Crippen LogP contribution is -2.52. The van der Waals surface area contributed by atoms with Gasteiger partial charge in [-0.1, -0.05) is 44.2 Å². The van der Waals surface area contributed by atoms with Crippen LogP contribution in [-0.4, -0.2) is 29.6 Å². The van der Waals surface area contributed by atoms with Gasteiger partial charge in [0, 0.05) is 6.42 Å². The standard InChI is InChI=1S/C18H28N2O3/c1-12(2)15(19)16(21)20-14(17(22)23-18(3,4)5)11-13-9-7-6-8-10-13/h6-10,12,14-15H,11,19H2,1-5H3,(H,20,21). The number of hydrogen-bond acceptors (Lipinski definition) is 4. The average molecular weight is 320 g/mol. The highest BCUT2D eigenvalue weighted by atomic mass is 16.6. The van der Waals surface area contributed by atoms with Crippen molar-refractivity contribution in [2.75, 3.05) is 0 Å². The lowest BCUT2D eigenvalue weighted by molar-refractivity contribution is -0.158. The minimum absolute atomic E-state index is 0.00832. The SMILES string of the molecule is CC(C)C(N)C(=O)NC(Cc1ccccc1)C(=O)OC(C)(C)C. The fraction of sp³-hybridized carbons (Fsp3) is 0.556. The van der Waals surface area contributed by atoms with Gasteiger partial charge in [0.2, 0.25) is 5.91 Å². The molecule has 1 aromatic rings. The van der Waals surface area contributed by atoms with Crippen LogP contribution in [0.15, 0.2) is 30.3 Å². The molecule has 0 bridgehead atoms. The van der Waals surface area contributed by atoms with E-state index < -0.39 is 23.7 Å². The van der Waals surface area contributed by atoms with Gasteiger partial charge in [-0.05, 0) is 32.3 Å². The van der Waals surface area contributed by atoms with Crippen molar-refractivity contribution in [2.45, 2.75) is 58.7 Å². The van der Waals surface area contributed by atoms with Crippen molar-refractivity contribution >= 4 is 11.9 Å². The highest BCUT2D eigenvalue weighted by Gasteiger charge is 2.29. The van der Waals surface area contributed by atoms with Gasteiger partial charge in [-0.25, -0.2) is 4.79 Å². The van der Waals surface area contributed by atoms with Gasteiger partial charge in [-0.2, -0.15) is 0 Å². The van der Waals surface area contributed by atoms with Gasteiger partial charge in [0.1, 0.15) is 11.6 Å². The van der Waals surface area contributed by atoms with Gasteiger partial charge in [0.15, 0.2) is 0 Å². The molecule has 0 saturated heterocycles. The van der Waals surface area contributed by atoms with Gasteiger partial charge in [0.25, 0.3) is 0 Å². The molecule has 5 nitrogen and oxygen atoms in total. The lowest BCUT2D eigenvalue weighted by Gasteiger charge is -2.26. The molecular formula is C18H28N2O3. The van der Waals surface area contributed by atoms with Crippen LogP contribution < -0.4 is 11.1 Å². The molecule has 0 aliphatic carbocycles. The van der Waals surface area contributed by atoms with Crippen LogP contribution in [0, 0.1) is 5.92 Å². The van der Waals surface area contributed by atoms with E-state index in [0.717, 1.165) is 5.56 Å². The third-order valence-electron chi connectivity index (χ3n) is 3.31. The number of rotatable bonds is 6. The molecule has 0 aromatic heterocycles. The van der Waals surface area contributed by atoms with Crippen LogP contribution in [0.4, 0.5) is 0 Å². The molecule has 5 heteroatoms. The highest BCUT2D eigenvalue weighted by molar-refractivity contribution is 5.87. The summed E-state index contributed by atoms with van der Waals surface area (Å²) < 4.78 is 5.42. The van der Waals surface area contributed by atoms with Crippen LogP contribution in [0.25, 0.3) is 0 Å². The van der Waals surface area contributed by atoms with Gasteiger partial charge < -0.3 is 15.8 Å². The molecule has 1 rings (SSSR count). The number of esters is 1. The molecule has 3 N–H and O–H groups in total. The van der Waals surface area contributed by atoms with Crippen LogP contribution in [0.1, 0.15) is 40.2 Å². The Balaban J connectivity index is 2.88. The molecule has 128 valence electrons. The Morgan fingerprint density at radius 3 is 2.22 bits per heavy atom. The van der Waals surface area contributed by atoms with Crippen molar-refractivity contribution in [1.82, 2.24) is 5.32 Å². The number of nitrogens with one attached hydrogen (secondary N) is 1. The lowest BCUT2D eigenvalue weighted by atomic mass is 10.0. The number of amides is 1. The second-order valence-electron chi connectivity index (χ2n) is 7.05. The Kier molecular flexibility index (Phi) is 6.76. The summed E-state index contributed by atoms with van der Waals surface area (Å²) in [6.07, 6.45) is 0.367. The first kappa shape index (κ1) is 19.2. The van der Waals surface area contributed by atoms with Crippen LogP contribution in [0.3, 0.4) is 0 Å². The molecule has 0 heterocycles. The van der Waals surface area contributed by atoms with E-state index in [1.807, 2.05) is 44.2 Å². The molecule has 0 fully saturated rings. The fourth-order valence-corrected chi connectivity index (χ4v) is 1.99. The first-order chi connectivity index (χ1) is 10.6. The maximum absolute atomic E-state index is 12.4. The molecule has 0 radical (unpaired) electrons. The van der Waals surface area contributed by atoms with Gasteiger partial charge in [-0.3, -0.25) is 4.79 Å². The van der Waals surface area contributed by atoms with Crippen molar-refractivity contribution in [3.8, 4) is 0 Å². The second-order valence-corrected chi connectivity index (χ2v) is 7.05. The number of carbonyl (C=O) groups is 2. The largest absolute Gasteiger partial charge is 0.458 e.